The minimum atomic E-state index is -0.816. The van der Waals surface area contributed by atoms with Crippen LogP contribution in [0.2, 0.25) is 0 Å². The van der Waals surface area contributed by atoms with Crippen LogP contribution < -0.4 is 0 Å². The van der Waals surface area contributed by atoms with E-state index in [4.69, 9.17) is 4.84 Å². The molecule has 2 unspecified atom stereocenters. The van der Waals surface area contributed by atoms with Crippen molar-refractivity contribution in [3.8, 4) is 0 Å². The van der Waals surface area contributed by atoms with Crippen molar-refractivity contribution < 1.29 is 14.4 Å². The molecule has 1 aliphatic rings. The number of carbonyl (C=O) groups is 2. The number of nitrogens with zero attached hydrogens (tertiary/aromatic N) is 1. The van der Waals surface area contributed by atoms with Gasteiger partial charge in [0, 0.05) is 0 Å². The zero-order valence-corrected chi connectivity index (χ0v) is 14.6. The Kier molecular flexibility index (Phi) is 4.78. The van der Waals surface area contributed by atoms with Gasteiger partial charge in [-0.1, -0.05) is 55.2 Å². The molecule has 0 N–H and O–H groups in total. The SMILES string of the molecule is CC1=C/C(=N\OC(=O)c2ccccc2)C(Br)C(C)(Br)C1=O. The Bertz CT molecular complexity index is 636. The van der Waals surface area contributed by atoms with Crippen LogP contribution in [0.25, 0.3) is 0 Å². The fourth-order valence-corrected chi connectivity index (χ4v) is 2.90. The van der Waals surface area contributed by atoms with Crippen molar-refractivity contribution in [2.45, 2.75) is 23.0 Å². The summed E-state index contributed by atoms with van der Waals surface area (Å²) in [5.41, 5.74) is 1.46. The number of oxime groups is 1. The van der Waals surface area contributed by atoms with E-state index in [2.05, 4.69) is 37.0 Å². The first kappa shape index (κ1) is 16.1. The smallest absolute Gasteiger partial charge is 0.313 e. The summed E-state index contributed by atoms with van der Waals surface area (Å²) < 4.78 is -0.816. The summed E-state index contributed by atoms with van der Waals surface area (Å²) in [6, 6.07) is 8.60. The second-order valence-corrected chi connectivity index (χ2v) is 7.42. The van der Waals surface area contributed by atoms with Gasteiger partial charge in [0.05, 0.1) is 16.1 Å². The highest BCUT2D eigenvalue weighted by Crippen LogP contribution is 2.36. The van der Waals surface area contributed by atoms with Gasteiger partial charge < -0.3 is 4.84 Å². The first-order valence-electron chi connectivity index (χ1n) is 6.24. The molecule has 1 aromatic rings. The molecule has 0 radical (unpaired) electrons. The number of allylic oxidation sites excluding steroid dienone is 2. The van der Waals surface area contributed by atoms with Crippen LogP contribution >= 0.6 is 31.9 Å². The van der Waals surface area contributed by atoms with Gasteiger partial charge in [-0.15, -0.1) is 0 Å². The van der Waals surface area contributed by atoms with E-state index in [0.717, 1.165) is 0 Å². The maximum Gasteiger partial charge on any atom is 0.365 e. The van der Waals surface area contributed by atoms with Crippen LogP contribution in [0.15, 0.2) is 47.1 Å². The molecule has 0 aromatic heterocycles. The Morgan fingerprint density at radius 2 is 1.95 bits per heavy atom. The Morgan fingerprint density at radius 1 is 1.33 bits per heavy atom. The normalized spacial score (nSPS) is 27.4. The molecule has 1 aliphatic carbocycles. The summed E-state index contributed by atoms with van der Waals surface area (Å²) in [5.74, 6) is -0.570. The van der Waals surface area contributed by atoms with E-state index >= 15 is 0 Å². The molecule has 2 atom stereocenters. The first-order chi connectivity index (χ1) is 9.84. The van der Waals surface area contributed by atoms with Crippen LogP contribution in [0, 0.1) is 0 Å². The maximum absolute atomic E-state index is 12.1. The molecule has 0 aliphatic heterocycles. The lowest BCUT2D eigenvalue weighted by Crippen LogP contribution is -2.45. The van der Waals surface area contributed by atoms with Gasteiger partial charge in [-0.05, 0) is 37.6 Å². The van der Waals surface area contributed by atoms with Gasteiger partial charge in [0.25, 0.3) is 0 Å². The monoisotopic (exact) mass is 413 g/mol. The molecule has 0 bridgehead atoms. The van der Waals surface area contributed by atoms with Crippen LogP contribution in [0.1, 0.15) is 24.2 Å². The number of benzene rings is 1. The molecule has 0 amide bonds. The quantitative estimate of drug-likeness (QED) is 0.421. The average molecular weight is 415 g/mol. The number of hydrogen-bond donors (Lipinski definition) is 0. The number of ketones is 1. The number of alkyl halides is 2. The topological polar surface area (TPSA) is 55.7 Å². The molecular formula is C15H13Br2NO3. The van der Waals surface area contributed by atoms with E-state index in [0.29, 0.717) is 16.8 Å². The van der Waals surface area contributed by atoms with Crippen LogP contribution in [0.3, 0.4) is 0 Å². The maximum atomic E-state index is 12.1. The van der Waals surface area contributed by atoms with Crippen molar-refractivity contribution in [2.75, 3.05) is 0 Å². The Balaban J connectivity index is 2.22. The second-order valence-electron chi connectivity index (χ2n) is 4.86. The summed E-state index contributed by atoms with van der Waals surface area (Å²) in [7, 11) is 0. The molecule has 0 spiro atoms. The van der Waals surface area contributed by atoms with Gasteiger partial charge in [-0.2, -0.15) is 0 Å². The number of rotatable bonds is 2. The van der Waals surface area contributed by atoms with Crippen molar-refractivity contribution in [1.82, 2.24) is 0 Å². The molecule has 0 saturated heterocycles. The predicted molar refractivity (Wildman–Crippen MR) is 88.1 cm³/mol. The minimum absolute atomic E-state index is 0.0299. The second kappa shape index (κ2) is 6.23. The summed E-state index contributed by atoms with van der Waals surface area (Å²) in [6.45, 7) is 3.45. The van der Waals surface area contributed by atoms with Crippen molar-refractivity contribution in [1.29, 1.82) is 0 Å². The zero-order valence-electron chi connectivity index (χ0n) is 11.5. The Labute approximate surface area is 139 Å². The predicted octanol–water partition coefficient (Wildman–Crippen LogP) is 3.65. The van der Waals surface area contributed by atoms with E-state index < -0.39 is 10.3 Å². The van der Waals surface area contributed by atoms with Gasteiger partial charge in [-0.25, -0.2) is 4.79 Å². The summed E-state index contributed by atoms with van der Waals surface area (Å²) in [4.78, 5) is 28.5. The summed E-state index contributed by atoms with van der Waals surface area (Å²) in [5, 5.41) is 3.88. The van der Waals surface area contributed by atoms with Gasteiger partial charge >= 0.3 is 5.97 Å². The van der Waals surface area contributed by atoms with E-state index in [1.165, 1.54) is 0 Å². The summed E-state index contributed by atoms with van der Waals surface area (Å²) >= 11 is 6.81. The fourth-order valence-electron chi connectivity index (χ4n) is 1.93. The van der Waals surface area contributed by atoms with Crippen molar-refractivity contribution >= 4 is 49.3 Å². The minimum Gasteiger partial charge on any atom is -0.313 e. The number of halogens is 2. The highest BCUT2D eigenvalue weighted by Gasteiger charge is 2.43. The van der Waals surface area contributed by atoms with Crippen molar-refractivity contribution in [3.05, 3.63) is 47.5 Å². The fraction of sp³-hybridized carbons (Fsp3) is 0.267. The molecular weight excluding hydrogens is 402 g/mol. The highest BCUT2D eigenvalue weighted by atomic mass is 79.9. The molecule has 0 saturated carbocycles. The molecule has 0 fully saturated rings. The van der Waals surface area contributed by atoms with Crippen LogP contribution in [0.4, 0.5) is 0 Å². The third-order valence-corrected chi connectivity index (χ3v) is 5.96. The van der Waals surface area contributed by atoms with Crippen molar-refractivity contribution in [2.24, 2.45) is 5.16 Å². The van der Waals surface area contributed by atoms with E-state index in [1.54, 1.807) is 44.2 Å². The third kappa shape index (κ3) is 3.32. The third-order valence-electron chi connectivity index (χ3n) is 3.15. The van der Waals surface area contributed by atoms with Gasteiger partial charge in [0.2, 0.25) is 0 Å². The molecule has 4 nitrogen and oxygen atoms in total. The Morgan fingerprint density at radius 3 is 2.57 bits per heavy atom. The largest absolute Gasteiger partial charge is 0.365 e. The van der Waals surface area contributed by atoms with Gasteiger partial charge in [0.15, 0.2) is 5.78 Å². The Hall–Kier alpha value is -1.27. The number of Topliss-reactive ketones (excluding diaryl/α,β-unsaturated/α-hetero) is 1. The first-order valence-corrected chi connectivity index (χ1v) is 7.95. The molecule has 21 heavy (non-hydrogen) atoms. The molecule has 1 aromatic carbocycles. The van der Waals surface area contributed by atoms with Crippen LogP contribution in [-0.4, -0.2) is 26.6 Å². The average Bonchev–Trinajstić information content (AvgIpc) is 2.48. The number of carbonyl (C=O) groups excluding carboxylic acids is 2. The van der Waals surface area contributed by atoms with Gasteiger partial charge in [-0.3, -0.25) is 4.79 Å². The zero-order chi connectivity index (χ0) is 15.6. The molecule has 0 heterocycles. The standard InChI is InChI=1S/C15H13Br2NO3/c1-9-8-11(12(16)15(2,17)13(9)19)18-21-14(20)10-6-4-3-5-7-10/h3-8,12H,1-2H3/b18-11+. The van der Waals surface area contributed by atoms with Crippen molar-refractivity contribution in [3.63, 3.8) is 0 Å². The van der Waals surface area contributed by atoms with Crippen LogP contribution in [-0.2, 0) is 9.63 Å². The van der Waals surface area contributed by atoms with Gasteiger partial charge in [0.1, 0.15) is 4.32 Å². The van der Waals surface area contributed by atoms with E-state index in [1.807, 2.05) is 6.07 Å². The van der Waals surface area contributed by atoms with E-state index in [-0.39, 0.29) is 10.6 Å². The molecule has 6 heteroatoms. The molecule has 2 rings (SSSR count). The van der Waals surface area contributed by atoms with Crippen LogP contribution in [0.5, 0.6) is 0 Å². The lowest BCUT2D eigenvalue weighted by molar-refractivity contribution is -0.117. The lowest BCUT2D eigenvalue weighted by Gasteiger charge is -2.30. The molecule has 110 valence electrons. The number of hydrogen-bond acceptors (Lipinski definition) is 4. The van der Waals surface area contributed by atoms with E-state index in [9.17, 15) is 9.59 Å². The summed E-state index contributed by atoms with van der Waals surface area (Å²) in [6.07, 6.45) is 1.61. The highest BCUT2D eigenvalue weighted by molar-refractivity contribution is 9.13. The lowest BCUT2D eigenvalue weighted by atomic mass is 9.88.